The van der Waals surface area contributed by atoms with Crippen molar-refractivity contribution in [1.29, 1.82) is 0 Å². The highest BCUT2D eigenvalue weighted by atomic mass is 16.2. The third kappa shape index (κ3) is 3.30. The lowest BCUT2D eigenvalue weighted by Gasteiger charge is -2.26. The van der Waals surface area contributed by atoms with Gasteiger partial charge in [0, 0.05) is 5.56 Å². The number of aryl methyl sites for hydroxylation is 1. The van der Waals surface area contributed by atoms with Crippen molar-refractivity contribution in [3.63, 3.8) is 0 Å². The summed E-state index contributed by atoms with van der Waals surface area (Å²) in [6.45, 7) is 2.12. The highest BCUT2D eigenvalue weighted by molar-refractivity contribution is 6.08. The smallest absolute Gasteiger partial charge is 0.322 e. The Hall–Kier alpha value is -3.15. The first kappa shape index (κ1) is 17.3. The van der Waals surface area contributed by atoms with Gasteiger partial charge in [0.1, 0.15) is 5.54 Å². The van der Waals surface area contributed by atoms with Gasteiger partial charge in [-0.2, -0.15) is 0 Å². The number of carbonyl (C=O) groups excluding carboxylic acids is 3. The summed E-state index contributed by atoms with van der Waals surface area (Å²) >= 11 is 0. The molecule has 1 aliphatic heterocycles. The van der Waals surface area contributed by atoms with Gasteiger partial charge in [-0.15, -0.1) is 0 Å². The summed E-state index contributed by atoms with van der Waals surface area (Å²) in [5, 5.41) is 7.83. The van der Waals surface area contributed by atoms with Gasteiger partial charge in [-0.3, -0.25) is 14.9 Å². The molecule has 3 N–H and O–H groups in total. The van der Waals surface area contributed by atoms with E-state index in [-0.39, 0.29) is 24.3 Å². The molecule has 2 aromatic carbocycles. The molecular weight excluding hydrogens is 342 g/mol. The topological polar surface area (TPSA) is 87.3 Å². The number of rotatable bonds is 5. The van der Waals surface area contributed by atoms with Gasteiger partial charge in [0.15, 0.2) is 0 Å². The van der Waals surface area contributed by atoms with Crippen LogP contribution < -0.4 is 16.0 Å². The Labute approximate surface area is 157 Å². The Kier molecular flexibility index (Phi) is 4.18. The van der Waals surface area contributed by atoms with Crippen molar-refractivity contribution in [3.8, 4) is 11.1 Å². The summed E-state index contributed by atoms with van der Waals surface area (Å²) in [7, 11) is 0. The molecule has 4 amide bonds. The largest absolute Gasteiger partial charge is 0.349 e. The van der Waals surface area contributed by atoms with Crippen LogP contribution in [0.4, 0.5) is 4.79 Å². The Bertz CT molecular complexity index is 919. The van der Waals surface area contributed by atoms with Crippen LogP contribution in [0.15, 0.2) is 48.5 Å². The SMILES string of the molecule is Cc1ccc(-c2cccc(C(=O)NC[C@@]3(C4CC4)NC(=O)NC3=O)c2)cc1. The van der Waals surface area contributed by atoms with Crippen molar-refractivity contribution in [2.75, 3.05) is 6.54 Å². The standard InChI is InChI=1S/C21H21N3O3/c1-13-5-7-14(8-6-13)15-3-2-4-16(11-15)18(25)22-12-21(17-9-10-17)19(26)23-20(27)24-21/h2-8,11,17H,9-10,12H2,1H3,(H,22,25)(H2,23,24,26,27)/t21-/m0/s1. The van der Waals surface area contributed by atoms with E-state index in [0.717, 1.165) is 24.0 Å². The minimum Gasteiger partial charge on any atom is -0.349 e. The highest BCUT2D eigenvalue weighted by Crippen LogP contribution is 2.41. The first-order valence-electron chi connectivity index (χ1n) is 9.07. The number of imide groups is 1. The third-order valence-corrected chi connectivity index (χ3v) is 5.28. The molecule has 6 heteroatoms. The van der Waals surface area contributed by atoms with Crippen molar-refractivity contribution < 1.29 is 14.4 Å². The molecule has 1 atom stereocenters. The number of urea groups is 1. The average molecular weight is 363 g/mol. The zero-order valence-electron chi connectivity index (χ0n) is 15.0. The molecule has 2 fully saturated rings. The monoisotopic (exact) mass is 363 g/mol. The molecule has 27 heavy (non-hydrogen) atoms. The number of amides is 4. The van der Waals surface area contributed by atoms with Crippen LogP contribution in [0.25, 0.3) is 11.1 Å². The normalized spacial score (nSPS) is 21.5. The maximum absolute atomic E-state index is 12.7. The molecule has 1 saturated carbocycles. The molecule has 2 aliphatic rings. The Morgan fingerprint density at radius 2 is 1.85 bits per heavy atom. The summed E-state index contributed by atoms with van der Waals surface area (Å²) in [6.07, 6.45) is 1.74. The molecule has 1 saturated heterocycles. The zero-order valence-corrected chi connectivity index (χ0v) is 15.0. The van der Waals surface area contributed by atoms with Crippen LogP contribution in [0.2, 0.25) is 0 Å². The van der Waals surface area contributed by atoms with Crippen LogP contribution in [0.3, 0.4) is 0 Å². The average Bonchev–Trinajstić information content (AvgIpc) is 3.47. The maximum Gasteiger partial charge on any atom is 0.322 e. The van der Waals surface area contributed by atoms with E-state index in [4.69, 9.17) is 0 Å². The second-order valence-corrected chi connectivity index (χ2v) is 7.28. The second-order valence-electron chi connectivity index (χ2n) is 7.28. The highest BCUT2D eigenvalue weighted by Gasteiger charge is 2.56. The Morgan fingerprint density at radius 3 is 2.48 bits per heavy atom. The van der Waals surface area contributed by atoms with E-state index in [2.05, 4.69) is 16.0 Å². The van der Waals surface area contributed by atoms with Gasteiger partial charge in [0.05, 0.1) is 6.54 Å². The number of benzene rings is 2. The van der Waals surface area contributed by atoms with Crippen LogP contribution in [-0.4, -0.2) is 29.9 Å². The molecule has 0 unspecified atom stereocenters. The van der Waals surface area contributed by atoms with Crippen molar-refractivity contribution >= 4 is 17.8 Å². The summed E-state index contributed by atoms with van der Waals surface area (Å²) in [6, 6.07) is 15.0. The van der Waals surface area contributed by atoms with E-state index < -0.39 is 11.6 Å². The number of nitrogens with one attached hydrogen (secondary N) is 3. The van der Waals surface area contributed by atoms with Gasteiger partial charge < -0.3 is 10.6 Å². The van der Waals surface area contributed by atoms with Crippen LogP contribution in [-0.2, 0) is 4.79 Å². The maximum atomic E-state index is 12.7. The van der Waals surface area contributed by atoms with E-state index in [0.29, 0.717) is 5.56 Å². The van der Waals surface area contributed by atoms with Gasteiger partial charge in [0.2, 0.25) is 0 Å². The van der Waals surface area contributed by atoms with E-state index in [1.165, 1.54) is 5.56 Å². The molecule has 4 rings (SSSR count). The molecule has 2 aromatic rings. The third-order valence-electron chi connectivity index (χ3n) is 5.28. The van der Waals surface area contributed by atoms with Crippen molar-refractivity contribution in [3.05, 3.63) is 59.7 Å². The number of hydrogen-bond donors (Lipinski definition) is 3. The van der Waals surface area contributed by atoms with Gasteiger partial charge in [-0.25, -0.2) is 4.79 Å². The fraction of sp³-hybridized carbons (Fsp3) is 0.286. The molecule has 1 aliphatic carbocycles. The van der Waals surface area contributed by atoms with Crippen molar-refractivity contribution in [1.82, 2.24) is 16.0 Å². The molecule has 0 radical (unpaired) electrons. The quantitative estimate of drug-likeness (QED) is 0.713. The first-order chi connectivity index (χ1) is 13.0. The minimum atomic E-state index is -1.03. The number of hydrogen-bond acceptors (Lipinski definition) is 3. The fourth-order valence-corrected chi connectivity index (χ4v) is 3.55. The van der Waals surface area contributed by atoms with Gasteiger partial charge >= 0.3 is 6.03 Å². The summed E-state index contributed by atoms with van der Waals surface area (Å²) in [5.41, 5.74) is 2.65. The van der Waals surface area contributed by atoms with Crippen LogP contribution in [0.5, 0.6) is 0 Å². The molecule has 138 valence electrons. The minimum absolute atomic E-state index is 0.0724. The summed E-state index contributed by atoms with van der Waals surface area (Å²) in [4.78, 5) is 36.5. The van der Waals surface area contributed by atoms with Crippen LogP contribution in [0.1, 0.15) is 28.8 Å². The molecule has 0 bridgehead atoms. The van der Waals surface area contributed by atoms with Gasteiger partial charge in [-0.1, -0.05) is 42.0 Å². The molecule has 1 heterocycles. The van der Waals surface area contributed by atoms with E-state index in [1.807, 2.05) is 49.4 Å². The van der Waals surface area contributed by atoms with E-state index in [1.54, 1.807) is 6.07 Å². The van der Waals surface area contributed by atoms with Crippen molar-refractivity contribution in [2.45, 2.75) is 25.3 Å². The Balaban J connectivity index is 1.50. The van der Waals surface area contributed by atoms with E-state index in [9.17, 15) is 14.4 Å². The van der Waals surface area contributed by atoms with Crippen LogP contribution >= 0.6 is 0 Å². The summed E-state index contributed by atoms with van der Waals surface area (Å²) < 4.78 is 0. The van der Waals surface area contributed by atoms with Gasteiger partial charge in [-0.05, 0) is 48.9 Å². The fourth-order valence-electron chi connectivity index (χ4n) is 3.55. The molecule has 0 aromatic heterocycles. The first-order valence-corrected chi connectivity index (χ1v) is 9.07. The lowest BCUT2D eigenvalue weighted by molar-refractivity contribution is -0.124. The molecule has 0 spiro atoms. The number of carbonyl (C=O) groups is 3. The lowest BCUT2D eigenvalue weighted by Crippen LogP contribution is -2.57. The lowest BCUT2D eigenvalue weighted by atomic mass is 9.93. The predicted octanol–water partition coefficient (Wildman–Crippen LogP) is 2.38. The Morgan fingerprint density at radius 1 is 1.11 bits per heavy atom. The second kappa shape index (κ2) is 6.54. The van der Waals surface area contributed by atoms with Crippen molar-refractivity contribution in [2.24, 2.45) is 5.92 Å². The molecular formula is C21H21N3O3. The summed E-state index contributed by atoms with van der Waals surface area (Å²) in [5.74, 6) is -0.551. The van der Waals surface area contributed by atoms with Crippen LogP contribution in [0, 0.1) is 12.8 Å². The van der Waals surface area contributed by atoms with Gasteiger partial charge in [0.25, 0.3) is 11.8 Å². The zero-order chi connectivity index (χ0) is 19.0. The molecule has 6 nitrogen and oxygen atoms in total. The predicted molar refractivity (Wildman–Crippen MR) is 101 cm³/mol. The van der Waals surface area contributed by atoms with E-state index >= 15 is 0 Å².